The van der Waals surface area contributed by atoms with Gasteiger partial charge in [-0.15, -0.1) is 11.8 Å². The van der Waals surface area contributed by atoms with E-state index in [1.54, 1.807) is 18.9 Å². The molecule has 2 rings (SSSR count). The fourth-order valence-corrected chi connectivity index (χ4v) is 3.14. The van der Waals surface area contributed by atoms with Crippen molar-refractivity contribution >= 4 is 34.1 Å². The van der Waals surface area contributed by atoms with Crippen molar-refractivity contribution in [3.05, 3.63) is 0 Å². The Labute approximate surface area is 91.6 Å². The van der Waals surface area contributed by atoms with Crippen LogP contribution in [0.15, 0.2) is 4.90 Å². The third-order valence-electron chi connectivity index (χ3n) is 2.33. The Morgan fingerprint density at radius 3 is 2.93 bits per heavy atom. The highest BCUT2D eigenvalue weighted by molar-refractivity contribution is 7.99. The zero-order valence-electron chi connectivity index (χ0n) is 8.19. The van der Waals surface area contributed by atoms with Crippen LogP contribution in [0.1, 0.15) is 0 Å². The second-order valence-electron chi connectivity index (χ2n) is 3.17. The number of nitrogens with zero attached hydrogens (tertiary/aromatic N) is 2. The highest BCUT2D eigenvalue weighted by atomic mass is 32.2. The van der Waals surface area contributed by atoms with Gasteiger partial charge in [0.25, 0.3) is 0 Å². The van der Waals surface area contributed by atoms with E-state index in [1.807, 2.05) is 6.26 Å². The lowest BCUT2D eigenvalue weighted by molar-refractivity contribution is 0.0789. The summed E-state index contributed by atoms with van der Waals surface area (Å²) in [5, 5.41) is 1.18. The van der Waals surface area contributed by atoms with Crippen LogP contribution >= 0.6 is 23.3 Å². The van der Waals surface area contributed by atoms with Gasteiger partial charge in [0.15, 0.2) is 5.82 Å². The second-order valence-corrected chi connectivity index (χ2v) is 4.74. The summed E-state index contributed by atoms with van der Waals surface area (Å²) in [6, 6.07) is 0. The minimum absolute atomic E-state index is 0.369. The van der Waals surface area contributed by atoms with E-state index in [9.17, 15) is 0 Å². The highest BCUT2D eigenvalue weighted by Gasteiger charge is 2.30. The number of anilines is 2. The van der Waals surface area contributed by atoms with Crippen LogP contribution in [-0.2, 0) is 4.74 Å². The minimum Gasteiger partial charge on any atom is -0.382 e. The number of ether oxygens (including phenoxy) is 1. The number of nitrogen functional groups attached to an aromatic ring is 1. The van der Waals surface area contributed by atoms with Gasteiger partial charge >= 0.3 is 0 Å². The predicted molar refractivity (Wildman–Crippen MR) is 61.3 cm³/mol. The molecule has 4 nitrogen and oxygen atoms in total. The molecule has 1 saturated heterocycles. The molecule has 0 aromatic carbocycles. The van der Waals surface area contributed by atoms with Crippen molar-refractivity contribution in [2.75, 3.05) is 37.1 Å². The average Bonchev–Trinajstić information content (AvgIpc) is 2.45. The molecule has 14 heavy (non-hydrogen) atoms. The monoisotopic (exact) mass is 231 g/mol. The van der Waals surface area contributed by atoms with Crippen LogP contribution in [0.25, 0.3) is 0 Å². The van der Waals surface area contributed by atoms with Crippen molar-refractivity contribution < 1.29 is 4.74 Å². The van der Waals surface area contributed by atoms with E-state index in [0.29, 0.717) is 11.9 Å². The summed E-state index contributed by atoms with van der Waals surface area (Å²) in [5.41, 5.74) is 5.76. The molecule has 0 amide bonds. The van der Waals surface area contributed by atoms with Crippen LogP contribution in [0.4, 0.5) is 10.8 Å². The Kier molecular flexibility index (Phi) is 2.85. The zero-order valence-corrected chi connectivity index (χ0v) is 9.82. The summed E-state index contributed by atoms with van der Waals surface area (Å²) in [5.74, 6) is 0.651. The van der Waals surface area contributed by atoms with Gasteiger partial charge in [-0.05, 0) is 17.8 Å². The lowest BCUT2D eigenvalue weighted by Gasteiger charge is -2.39. The standard InChI is InChI=1S/C8H13N3OS2/c1-12-5-3-11(4-5)8-6(13-2)7(9)10-14-8/h5H,3-4H2,1-2H3,(H2,9,10). The number of thioether (sulfide) groups is 1. The van der Waals surface area contributed by atoms with Crippen molar-refractivity contribution in [2.24, 2.45) is 0 Å². The van der Waals surface area contributed by atoms with Gasteiger partial charge in [-0.2, -0.15) is 4.37 Å². The molecule has 0 aliphatic carbocycles. The quantitative estimate of drug-likeness (QED) is 0.794. The molecule has 2 heterocycles. The van der Waals surface area contributed by atoms with Gasteiger partial charge in [-0.1, -0.05) is 0 Å². The van der Waals surface area contributed by atoms with Crippen molar-refractivity contribution in [3.63, 3.8) is 0 Å². The van der Waals surface area contributed by atoms with Crippen molar-refractivity contribution in [1.82, 2.24) is 4.37 Å². The van der Waals surface area contributed by atoms with E-state index in [1.165, 1.54) is 16.5 Å². The van der Waals surface area contributed by atoms with Gasteiger partial charge in [0.1, 0.15) is 5.00 Å². The first-order valence-corrected chi connectivity index (χ1v) is 6.33. The summed E-state index contributed by atoms with van der Waals surface area (Å²) in [7, 11) is 1.75. The minimum atomic E-state index is 0.369. The zero-order chi connectivity index (χ0) is 10.1. The molecule has 1 aliphatic rings. The summed E-state index contributed by atoms with van der Waals surface area (Å²) >= 11 is 3.13. The summed E-state index contributed by atoms with van der Waals surface area (Å²) in [6.45, 7) is 1.90. The van der Waals surface area contributed by atoms with Crippen LogP contribution in [0.5, 0.6) is 0 Å². The molecular weight excluding hydrogens is 218 g/mol. The highest BCUT2D eigenvalue weighted by Crippen LogP contribution is 2.39. The lowest BCUT2D eigenvalue weighted by atomic mass is 10.2. The molecule has 6 heteroatoms. The SMILES string of the molecule is COC1CN(c2snc(N)c2SC)C1. The fraction of sp³-hybridized carbons (Fsp3) is 0.625. The first kappa shape index (κ1) is 10.1. The number of hydrogen-bond donors (Lipinski definition) is 1. The maximum absolute atomic E-state index is 5.76. The van der Waals surface area contributed by atoms with E-state index in [-0.39, 0.29) is 0 Å². The Bertz CT molecular complexity index is 322. The van der Waals surface area contributed by atoms with Crippen molar-refractivity contribution in [2.45, 2.75) is 11.0 Å². The van der Waals surface area contributed by atoms with Crippen LogP contribution in [0.2, 0.25) is 0 Å². The number of hydrogen-bond acceptors (Lipinski definition) is 6. The molecule has 0 saturated carbocycles. The van der Waals surface area contributed by atoms with E-state index >= 15 is 0 Å². The Balaban J connectivity index is 2.10. The summed E-state index contributed by atoms with van der Waals surface area (Å²) < 4.78 is 9.38. The van der Waals surface area contributed by atoms with Crippen molar-refractivity contribution in [3.8, 4) is 0 Å². The molecule has 1 aromatic rings. The molecule has 0 radical (unpaired) electrons. The van der Waals surface area contributed by atoms with Gasteiger partial charge < -0.3 is 15.4 Å². The molecule has 1 fully saturated rings. The first-order valence-electron chi connectivity index (χ1n) is 4.33. The largest absolute Gasteiger partial charge is 0.382 e. The van der Waals surface area contributed by atoms with Crippen LogP contribution < -0.4 is 10.6 Å². The topological polar surface area (TPSA) is 51.4 Å². The number of nitrogens with two attached hydrogens (primary N) is 1. The maximum Gasteiger partial charge on any atom is 0.153 e. The molecule has 1 aromatic heterocycles. The smallest absolute Gasteiger partial charge is 0.153 e. The Morgan fingerprint density at radius 2 is 2.36 bits per heavy atom. The first-order chi connectivity index (χ1) is 6.76. The van der Waals surface area contributed by atoms with Gasteiger partial charge in [-0.25, -0.2) is 0 Å². The van der Waals surface area contributed by atoms with Gasteiger partial charge in [-0.3, -0.25) is 0 Å². The summed E-state index contributed by atoms with van der Waals surface area (Å²) in [6.07, 6.45) is 2.39. The molecule has 0 spiro atoms. The Hall–Kier alpha value is -0.460. The molecule has 0 bridgehead atoms. The Morgan fingerprint density at radius 1 is 1.64 bits per heavy atom. The van der Waals surface area contributed by atoms with E-state index in [4.69, 9.17) is 10.5 Å². The molecule has 0 unspecified atom stereocenters. The van der Waals surface area contributed by atoms with E-state index < -0.39 is 0 Å². The van der Waals surface area contributed by atoms with Crippen molar-refractivity contribution in [1.29, 1.82) is 0 Å². The molecule has 2 N–H and O–H groups in total. The molecule has 0 atom stereocenters. The van der Waals surface area contributed by atoms with Gasteiger partial charge in [0, 0.05) is 20.2 Å². The average molecular weight is 231 g/mol. The maximum atomic E-state index is 5.76. The van der Waals surface area contributed by atoms with Crippen LogP contribution in [0.3, 0.4) is 0 Å². The third-order valence-corrected chi connectivity index (χ3v) is 4.19. The number of aromatic nitrogens is 1. The lowest BCUT2D eigenvalue weighted by Crippen LogP contribution is -2.51. The van der Waals surface area contributed by atoms with Gasteiger partial charge in [0.05, 0.1) is 11.0 Å². The second kappa shape index (κ2) is 3.96. The third kappa shape index (κ3) is 1.57. The normalized spacial score (nSPS) is 17.1. The fourth-order valence-electron chi connectivity index (χ4n) is 1.43. The van der Waals surface area contributed by atoms with Gasteiger partial charge in [0.2, 0.25) is 0 Å². The van der Waals surface area contributed by atoms with E-state index in [0.717, 1.165) is 18.0 Å². The van der Waals surface area contributed by atoms with Crippen LogP contribution in [-0.4, -0.2) is 36.9 Å². The predicted octanol–water partition coefficient (Wildman–Crippen LogP) is 1.28. The molecule has 1 aliphatic heterocycles. The van der Waals surface area contributed by atoms with E-state index in [2.05, 4.69) is 9.27 Å². The molecular formula is C8H13N3OS2. The molecule has 78 valence electrons. The number of methoxy groups -OCH3 is 1. The number of rotatable bonds is 3. The van der Waals surface area contributed by atoms with Crippen LogP contribution in [0, 0.1) is 0 Å². The summed E-state index contributed by atoms with van der Waals surface area (Å²) in [4.78, 5) is 3.36.